The molecular formula is C37H54O3. The number of unbranched alkanes of at least 4 members (excludes halogenated alkanes) is 1. The predicted molar refractivity (Wildman–Crippen MR) is 167 cm³/mol. The first-order valence-electron chi connectivity index (χ1n) is 15.9. The number of allylic oxidation sites excluding steroid dienone is 4. The molecule has 220 valence electrons. The smallest absolute Gasteiger partial charge is 0.136 e. The maximum absolute atomic E-state index is 13.8. The molecule has 0 heterocycles. The summed E-state index contributed by atoms with van der Waals surface area (Å²) in [5, 5.41) is 0. The molecule has 1 aromatic carbocycles. The normalized spacial score (nSPS) is 21.4. The Kier molecular flexibility index (Phi) is 12.0. The van der Waals surface area contributed by atoms with E-state index in [1.807, 2.05) is 6.92 Å². The van der Waals surface area contributed by atoms with E-state index in [0.29, 0.717) is 30.6 Å². The fourth-order valence-electron chi connectivity index (χ4n) is 6.24. The lowest BCUT2D eigenvalue weighted by Crippen LogP contribution is -2.33. The number of ether oxygens (including phenoxy) is 1. The number of carbonyl (C=O) groups excluding carboxylic acids is 2. The Morgan fingerprint density at radius 1 is 1.10 bits per heavy atom. The van der Waals surface area contributed by atoms with Crippen molar-refractivity contribution in [3.8, 4) is 0 Å². The molecule has 40 heavy (non-hydrogen) atoms. The van der Waals surface area contributed by atoms with E-state index in [2.05, 4.69) is 76.8 Å². The van der Waals surface area contributed by atoms with Crippen LogP contribution in [0.3, 0.4) is 0 Å². The molecule has 2 saturated carbocycles. The molecule has 0 N–H and O–H groups in total. The van der Waals surface area contributed by atoms with Crippen LogP contribution in [0.4, 0.5) is 0 Å². The van der Waals surface area contributed by atoms with Crippen molar-refractivity contribution in [2.24, 2.45) is 29.6 Å². The van der Waals surface area contributed by atoms with Crippen molar-refractivity contribution in [1.29, 1.82) is 0 Å². The standard InChI is InChI=1S/C37H54O3/c1-8-10-17-34(30-19-20-30)36(40-9-2)22-26(3)27(4)33(35(39)25-29-23-31(24-29)28(5)38)18-14-21-37(6,7)32-15-12-11-13-16-32/h11-13,15-17,22,27,29-31,33H,3,8-10,14,18-21,23-25H2,1-2,4-7H3/b34-17+,36-22+/t27-,29?,31?,33?/m1/s1. The van der Waals surface area contributed by atoms with Crippen LogP contribution < -0.4 is 0 Å². The number of Topliss-reactive ketones (excluding diaryl/α,β-unsaturated/α-hetero) is 2. The predicted octanol–water partition coefficient (Wildman–Crippen LogP) is 9.57. The average Bonchev–Trinajstić information content (AvgIpc) is 3.74. The van der Waals surface area contributed by atoms with Crippen molar-refractivity contribution in [2.75, 3.05) is 6.61 Å². The van der Waals surface area contributed by atoms with Gasteiger partial charge in [0.25, 0.3) is 0 Å². The lowest BCUT2D eigenvalue weighted by molar-refractivity contribution is -0.130. The zero-order chi connectivity index (χ0) is 29.3. The molecule has 3 heteroatoms. The third-order valence-corrected chi connectivity index (χ3v) is 9.35. The van der Waals surface area contributed by atoms with Crippen LogP contribution in [-0.4, -0.2) is 18.2 Å². The van der Waals surface area contributed by atoms with E-state index in [4.69, 9.17) is 4.74 Å². The highest BCUT2D eigenvalue weighted by molar-refractivity contribution is 5.83. The minimum atomic E-state index is -0.0708. The van der Waals surface area contributed by atoms with Gasteiger partial charge in [-0.25, -0.2) is 0 Å². The summed E-state index contributed by atoms with van der Waals surface area (Å²) in [7, 11) is 0. The largest absolute Gasteiger partial charge is 0.494 e. The zero-order valence-corrected chi connectivity index (χ0v) is 26.1. The molecular weight excluding hydrogens is 492 g/mol. The molecule has 2 aliphatic carbocycles. The lowest BCUT2D eigenvalue weighted by atomic mass is 9.68. The Bertz CT molecular complexity index is 1050. The van der Waals surface area contributed by atoms with Crippen molar-refractivity contribution >= 4 is 11.6 Å². The van der Waals surface area contributed by atoms with Gasteiger partial charge in [-0.2, -0.15) is 0 Å². The fraction of sp³-hybridized carbons (Fsp3) is 0.622. The van der Waals surface area contributed by atoms with Crippen LogP contribution in [0.1, 0.15) is 111 Å². The van der Waals surface area contributed by atoms with E-state index in [0.717, 1.165) is 56.3 Å². The summed E-state index contributed by atoms with van der Waals surface area (Å²) in [6.07, 6.45) is 14.3. The molecule has 0 aliphatic heterocycles. The topological polar surface area (TPSA) is 43.4 Å². The van der Waals surface area contributed by atoms with Crippen LogP contribution in [0, 0.1) is 29.6 Å². The Morgan fingerprint density at radius 2 is 1.77 bits per heavy atom. The summed E-state index contributed by atoms with van der Waals surface area (Å²) >= 11 is 0. The van der Waals surface area contributed by atoms with Gasteiger partial charge in [-0.15, -0.1) is 0 Å². The molecule has 0 radical (unpaired) electrons. The van der Waals surface area contributed by atoms with Gasteiger partial charge in [-0.1, -0.05) is 83.5 Å². The number of benzene rings is 1. The third-order valence-electron chi connectivity index (χ3n) is 9.35. The minimum absolute atomic E-state index is 0.0399. The molecule has 0 bridgehead atoms. The van der Waals surface area contributed by atoms with Crippen LogP contribution in [0.2, 0.25) is 0 Å². The van der Waals surface area contributed by atoms with E-state index < -0.39 is 0 Å². The fourth-order valence-corrected chi connectivity index (χ4v) is 6.24. The van der Waals surface area contributed by atoms with Crippen molar-refractivity contribution in [3.05, 3.63) is 71.5 Å². The molecule has 0 spiro atoms. The number of carbonyl (C=O) groups is 2. The van der Waals surface area contributed by atoms with E-state index >= 15 is 0 Å². The third kappa shape index (κ3) is 9.05. The first kappa shape index (κ1) is 32.1. The van der Waals surface area contributed by atoms with Crippen molar-refractivity contribution in [3.63, 3.8) is 0 Å². The Labute approximate surface area is 244 Å². The van der Waals surface area contributed by atoms with Gasteiger partial charge in [0.2, 0.25) is 0 Å². The molecule has 1 aromatic rings. The van der Waals surface area contributed by atoms with Crippen LogP contribution in [0.5, 0.6) is 0 Å². The summed E-state index contributed by atoms with van der Waals surface area (Å²) in [6, 6.07) is 10.7. The molecule has 0 amide bonds. The quantitative estimate of drug-likeness (QED) is 0.136. The van der Waals surface area contributed by atoms with Crippen LogP contribution >= 0.6 is 0 Å². The van der Waals surface area contributed by atoms with Crippen molar-refractivity contribution < 1.29 is 14.3 Å². The number of ketones is 2. The molecule has 3 nitrogen and oxygen atoms in total. The second-order valence-electron chi connectivity index (χ2n) is 13.1. The van der Waals surface area contributed by atoms with Crippen molar-refractivity contribution in [1.82, 2.24) is 0 Å². The highest BCUT2D eigenvalue weighted by Crippen LogP contribution is 2.42. The second-order valence-corrected chi connectivity index (χ2v) is 13.1. The van der Waals surface area contributed by atoms with E-state index in [-0.39, 0.29) is 29.0 Å². The Balaban J connectivity index is 1.75. The Morgan fingerprint density at radius 3 is 2.35 bits per heavy atom. The summed E-state index contributed by atoms with van der Waals surface area (Å²) in [5.41, 5.74) is 3.72. The summed E-state index contributed by atoms with van der Waals surface area (Å²) < 4.78 is 6.18. The zero-order valence-electron chi connectivity index (χ0n) is 26.1. The van der Waals surface area contributed by atoms with E-state index in [1.54, 1.807) is 6.92 Å². The van der Waals surface area contributed by atoms with Gasteiger partial charge in [0, 0.05) is 18.3 Å². The second kappa shape index (κ2) is 15.0. The van der Waals surface area contributed by atoms with Gasteiger partial charge in [0.1, 0.15) is 17.3 Å². The van der Waals surface area contributed by atoms with Crippen LogP contribution in [0.25, 0.3) is 0 Å². The lowest BCUT2D eigenvalue weighted by Gasteiger charge is -2.35. The van der Waals surface area contributed by atoms with Crippen LogP contribution in [0.15, 0.2) is 66.0 Å². The summed E-state index contributed by atoms with van der Waals surface area (Å²) in [5.74, 6) is 2.63. The van der Waals surface area contributed by atoms with Gasteiger partial charge < -0.3 is 4.74 Å². The first-order valence-corrected chi connectivity index (χ1v) is 15.9. The van der Waals surface area contributed by atoms with Crippen LogP contribution in [-0.2, 0) is 19.7 Å². The highest BCUT2D eigenvalue weighted by Gasteiger charge is 2.36. The maximum Gasteiger partial charge on any atom is 0.136 e. The first-order chi connectivity index (χ1) is 19.1. The molecule has 2 aliphatic rings. The molecule has 2 atom stereocenters. The number of hydrogen-bond donors (Lipinski definition) is 0. The summed E-state index contributed by atoms with van der Waals surface area (Å²) in [4.78, 5) is 25.6. The van der Waals surface area contributed by atoms with E-state index in [1.165, 1.54) is 24.0 Å². The molecule has 0 aromatic heterocycles. The minimum Gasteiger partial charge on any atom is -0.494 e. The monoisotopic (exact) mass is 546 g/mol. The summed E-state index contributed by atoms with van der Waals surface area (Å²) in [6.45, 7) is 17.8. The van der Waals surface area contributed by atoms with Gasteiger partial charge in [0.15, 0.2) is 0 Å². The SMILES string of the molecule is C=C(/C=C(OCC)\C(=C\CCC)C1CC1)[C@@H](C)C(CCCC(C)(C)c1ccccc1)C(=O)CC1CC(C(C)=O)C1. The Hall–Kier alpha value is -2.42. The molecule has 2 fully saturated rings. The van der Waals surface area contributed by atoms with E-state index in [9.17, 15) is 9.59 Å². The number of rotatable bonds is 18. The number of hydrogen-bond acceptors (Lipinski definition) is 3. The molecule has 0 saturated heterocycles. The molecule has 3 rings (SSSR count). The van der Waals surface area contributed by atoms with Crippen molar-refractivity contribution in [2.45, 2.75) is 111 Å². The molecule has 1 unspecified atom stereocenters. The van der Waals surface area contributed by atoms with Gasteiger partial charge >= 0.3 is 0 Å². The van der Waals surface area contributed by atoms with Gasteiger partial charge in [-0.3, -0.25) is 9.59 Å². The highest BCUT2D eigenvalue weighted by atomic mass is 16.5. The average molecular weight is 547 g/mol. The maximum atomic E-state index is 13.8. The van der Waals surface area contributed by atoms with Gasteiger partial charge in [0.05, 0.1) is 6.61 Å². The van der Waals surface area contributed by atoms with Gasteiger partial charge in [-0.05, 0) is 105 Å².